The molecule has 0 fully saturated rings. The Hall–Kier alpha value is -2.80. The number of anilines is 1. The molecule has 0 atom stereocenters. The van der Waals surface area contributed by atoms with E-state index in [-0.39, 0.29) is 0 Å². The fraction of sp³-hybridized carbons (Fsp3) is 0.176. The van der Waals surface area contributed by atoms with Crippen molar-refractivity contribution in [2.45, 2.75) is 13.5 Å². The SMILES string of the molecule is Cc1cccc(-c2nc3n(c2-c2ccc4snnc4c2)CCN3)n1. The molecule has 1 aliphatic heterocycles. The topological polar surface area (TPSA) is 68.5 Å². The Morgan fingerprint density at radius 1 is 1.17 bits per heavy atom. The largest absolute Gasteiger partial charge is 0.354 e. The predicted molar refractivity (Wildman–Crippen MR) is 95.1 cm³/mol. The smallest absolute Gasteiger partial charge is 0.204 e. The van der Waals surface area contributed by atoms with E-state index in [1.54, 1.807) is 0 Å². The van der Waals surface area contributed by atoms with Gasteiger partial charge in [-0.1, -0.05) is 16.6 Å². The second-order valence-corrected chi connectivity index (χ2v) is 6.62. The van der Waals surface area contributed by atoms with Crippen molar-refractivity contribution in [2.24, 2.45) is 0 Å². The third kappa shape index (κ3) is 2.01. The highest BCUT2D eigenvalue weighted by molar-refractivity contribution is 7.12. The maximum atomic E-state index is 4.80. The van der Waals surface area contributed by atoms with Crippen molar-refractivity contribution < 1.29 is 0 Å². The monoisotopic (exact) mass is 334 g/mol. The molecule has 4 heterocycles. The van der Waals surface area contributed by atoms with Gasteiger partial charge in [0.15, 0.2) is 0 Å². The summed E-state index contributed by atoms with van der Waals surface area (Å²) < 4.78 is 7.35. The van der Waals surface area contributed by atoms with Crippen molar-refractivity contribution in [3.8, 4) is 22.6 Å². The highest BCUT2D eigenvalue weighted by Crippen LogP contribution is 2.36. The summed E-state index contributed by atoms with van der Waals surface area (Å²) >= 11 is 1.41. The van der Waals surface area contributed by atoms with Gasteiger partial charge in [0.25, 0.3) is 0 Å². The highest BCUT2D eigenvalue weighted by Gasteiger charge is 2.24. The number of aryl methyl sites for hydroxylation is 1. The molecular formula is C17H14N6S. The lowest BCUT2D eigenvalue weighted by Crippen LogP contribution is -1.99. The zero-order valence-electron chi connectivity index (χ0n) is 13.0. The molecule has 0 saturated heterocycles. The van der Waals surface area contributed by atoms with E-state index in [0.717, 1.165) is 57.6 Å². The molecule has 6 nitrogen and oxygen atoms in total. The lowest BCUT2D eigenvalue weighted by molar-refractivity contribution is 0.817. The summed E-state index contributed by atoms with van der Waals surface area (Å²) in [5.74, 6) is 0.903. The number of rotatable bonds is 2. The third-order valence-corrected chi connectivity index (χ3v) is 4.94. The molecule has 1 N–H and O–H groups in total. The van der Waals surface area contributed by atoms with Crippen LogP contribution in [0.15, 0.2) is 36.4 Å². The van der Waals surface area contributed by atoms with Crippen LogP contribution in [-0.4, -0.2) is 30.7 Å². The fourth-order valence-corrected chi connectivity index (χ4v) is 3.70. The van der Waals surface area contributed by atoms with E-state index in [9.17, 15) is 0 Å². The molecular weight excluding hydrogens is 320 g/mol. The molecule has 1 aliphatic rings. The van der Waals surface area contributed by atoms with Crippen molar-refractivity contribution in [3.05, 3.63) is 42.1 Å². The average molecular weight is 334 g/mol. The number of fused-ring (bicyclic) bond motifs is 2. The van der Waals surface area contributed by atoms with Gasteiger partial charge in [-0.15, -0.1) is 5.10 Å². The first-order valence-corrected chi connectivity index (χ1v) is 8.58. The summed E-state index contributed by atoms with van der Waals surface area (Å²) in [7, 11) is 0. The first-order chi connectivity index (χ1) is 11.8. The molecule has 1 aromatic carbocycles. The average Bonchev–Trinajstić information content (AvgIpc) is 3.29. The summed E-state index contributed by atoms with van der Waals surface area (Å²) in [5, 5.41) is 7.55. The number of hydrogen-bond donors (Lipinski definition) is 1. The number of nitrogens with zero attached hydrogens (tertiary/aromatic N) is 5. The van der Waals surface area contributed by atoms with E-state index < -0.39 is 0 Å². The molecule has 4 aromatic rings. The molecule has 118 valence electrons. The molecule has 5 rings (SSSR count). The minimum absolute atomic E-state index is 0.894. The molecule has 0 unspecified atom stereocenters. The Morgan fingerprint density at radius 3 is 3.04 bits per heavy atom. The minimum atomic E-state index is 0.894. The van der Waals surface area contributed by atoms with E-state index in [1.165, 1.54) is 11.5 Å². The lowest BCUT2D eigenvalue weighted by atomic mass is 10.1. The van der Waals surface area contributed by atoms with Crippen LogP contribution < -0.4 is 5.32 Å². The number of aromatic nitrogens is 5. The summed E-state index contributed by atoms with van der Waals surface area (Å²) in [5.41, 5.74) is 5.88. The van der Waals surface area contributed by atoms with Gasteiger partial charge in [-0.3, -0.25) is 4.98 Å². The van der Waals surface area contributed by atoms with Crippen molar-refractivity contribution in [1.29, 1.82) is 0 Å². The second kappa shape index (κ2) is 5.10. The van der Waals surface area contributed by atoms with E-state index in [0.29, 0.717) is 0 Å². The summed E-state index contributed by atoms with van der Waals surface area (Å²) in [6, 6.07) is 12.3. The number of hydrogen-bond acceptors (Lipinski definition) is 6. The van der Waals surface area contributed by atoms with Crippen LogP contribution in [0.1, 0.15) is 5.69 Å². The Labute approximate surface area is 142 Å². The van der Waals surface area contributed by atoms with E-state index in [2.05, 4.69) is 42.7 Å². The van der Waals surface area contributed by atoms with Crippen molar-refractivity contribution in [2.75, 3.05) is 11.9 Å². The van der Waals surface area contributed by atoms with E-state index in [1.807, 2.05) is 25.1 Å². The van der Waals surface area contributed by atoms with Gasteiger partial charge in [0.1, 0.15) is 11.2 Å². The number of imidazole rings is 1. The van der Waals surface area contributed by atoms with Gasteiger partial charge >= 0.3 is 0 Å². The van der Waals surface area contributed by atoms with Crippen molar-refractivity contribution in [1.82, 2.24) is 24.1 Å². The van der Waals surface area contributed by atoms with Crippen molar-refractivity contribution in [3.63, 3.8) is 0 Å². The Balaban J connectivity index is 1.77. The number of benzene rings is 1. The molecule has 0 aliphatic carbocycles. The maximum Gasteiger partial charge on any atom is 0.204 e. The van der Waals surface area contributed by atoms with E-state index >= 15 is 0 Å². The normalized spacial score (nSPS) is 13.2. The zero-order valence-corrected chi connectivity index (χ0v) is 13.8. The fourth-order valence-electron chi connectivity index (χ4n) is 3.16. The molecule has 7 heteroatoms. The second-order valence-electron chi connectivity index (χ2n) is 5.83. The standard InChI is InChI=1S/C17H14N6S/c1-10-3-2-4-12(19-10)15-16(23-8-7-18-17(23)20-15)11-5-6-14-13(9-11)21-22-24-14/h2-6,9H,7-8H2,1H3,(H,18,20). The van der Waals surface area contributed by atoms with Crippen LogP contribution in [0.2, 0.25) is 0 Å². The van der Waals surface area contributed by atoms with Crippen LogP contribution in [0.25, 0.3) is 32.9 Å². The summed E-state index contributed by atoms with van der Waals surface area (Å²) in [6.07, 6.45) is 0. The molecule has 0 radical (unpaired) electrons. The summed E-state index contributed by atoms with van der Waals surface area (Å²) in [6.45, 7) is 3.80. The Morgan fingerprint density at radius 2 is 2.12 bits per heavy atom. The predicted octanol–water partition coefficient (Wildman–Crippen LogP) is 3.35. The third-order valence-electron chi connectivity index (χ3n) is 4.24. The van der Waals surface area contributed by atoms with Gasteiger partial charge in [-0.2, -0.15) is 0 Å². The van der Waals surface area contributed by atoms with Crippen LogP contribution >= 0.6 is 11.5 Å². The number of pyridine rings is 1. The molecule has 0 amide bonds. The van der Waals surface area contributed by atoms with Crippen LogP contribution in [0.3, 0.4) is 0 Å². The van der Waals surface area contributed by atoms with Gasteiger partial charge in [-0.05, 0) is 42.7 Å². The Bertz CT molecular complexity index is 1060. The van der Waals surface area contributed by atoms with Crippen molar-refractivity contribution >= 4 is 27.7 Å². The highest BCUT2D eigenvalue weighted by atomic mass is 32.1. The van der Waals surface area contributed by atoms with E-state index in [4.69, 9.17) is 4.98 Å². The zero-order chi connectivity index (χ0) is 16.1. The van der Waals surface area contributed by atoms with Crippen LogP contribution in [0.4, 0.5) is 5.95 Å². The molecule has 0 spiro atoms. The molecule has 0 saturated carbocycles. The minimum Gasteiger partial charge on any atom is -0.354 e. The quantitative estimate of drug-likeness (QED) is 0.609. The van der Waals surface area contributed by atoms with Crippen LogP contribution in [-0.2, 0) is 6.54 Å². The molecule has 3 aromatic heterocycles. The number of nitrogens with one attached hydrogen (secondary N) is 1. The molecule has 0 bridgehead atoms. The lowest BCUT2D eigenvalue weighted by Gasteiger charge is -2.08. The van der Waals surface area contributed by atoms with Crippen LogP contribution in [0.5, 0.6) is 0 Å². The van der Waals surface area contributed by atoms with Gasteiger partial charge in [0, 0.05) is 24.3 Å². The molecule has 24 heavy (non-hydrogen) atoms. The van der Waals surface area contributed by atoms with Gasteiger partial charge < -0.3 is 9.88 Å². The van der Waals surface area contributed by atoms with Gasteiger partial charge in [-0.25, -0.2) is 4.98 Å². The Kier molecular flexibility index (Phi) is 2.90. The first kappa shape index (κ1) is 13.6. The van der Waals surface area contributed by atoms with Gasteiger partial charge in [0.05, 0.1) is 16.1 Å². The van der Waals surface area contributed by atoms with Crippen LogP contribution in [0, 0.1) is 6.92 Å². The first-order valence-electron chi connectivity index (χ1n) is 7.80. The summed E-state index contributed by atoms with van der Waals surface area (Å²) in [4.78, 5) is 9.47. The van der Waals surface area contributed by atoms with Gasteiger partial charge in [0.2, 0.25) is 5.95 Å². The maximum absolute atomic E-state index is 4.80.